The van der Waals surface area contributed by atoms with Crippen LogP contribution >= 0.6 is 0 Å². The van der Waals surface area contributed by atoms with Crippen LogP contribution in [-0.4, -0.2) is 42.2 Å². The molecule has 1 heterocycles. The molecule has 1 aliphatic rings. The van der Waals surface area contributed by atoms with E-state index in [9.17, 15) is 23.7 Å². The number of nitrogens with one attached hydrogen (secondary N) is 1. The van der Waals surface area contributed by atoms with Crippen LogP contribution in [0, 0.1) is 21.4 Å². The molecule has 2 rings (SSSR count). The number of nitrogens with zero attached hydrogens (tertiary/aromatic N) is 3. The lowest BCUT2D eigenvalue weighted by molar-refractivity contribution is -0.384. The normalized spacial score (nSPS) is 14.6. The summed E-state index contributed by atoms with van der Waals surface area (Å²) >= 11 is 0. The van der Waals surface area contributed by atoms with Gasteiger partial charge in [-0.2, -0.15) is 5.26 Å². The number of rotatable bonds is 6. The molecule has 0 radical (unpaired) electrons. The van der Waals surface area contributed by atoms with Crippen molar-refractivity contribution in [2.45, 2.75) is 12.1 Å². The Morgan fingerprint density at radius 3 is 2.75 bits per heavy atom. The number of nitriles is 1. The molecule has 1 amide bonds. The Morgan fingerprint density at radius 1 is 1.46 bits per heavy atom. The fraction of sp³-hybridized carbons (Fsp3) is 0.357. The molecule has 0 unspecified atom stereocenters. The lowest BCUT2D eigenvalue weighted by Gasteiger charge is -2.31. The third-order valence-electron chi connectivity index (χ3n) is 3.20. The average molecular weight is 338 g/mol. The first-order valence-corrected chi connectivity index (χ1v) is 6.81. The van der Waals surface area contributed by atoms with Gasteiger partial charge in [-0.3, -0.25) is 14.9 Å². The Hall–Kier alpha value is -3.09. The number of nitro benzene ring substituents is 1. The molecule has 0 aliphatic carbocycles. The van der Waals surface area contributed by atoms with Crippen molar-refractivity contribution >= 4 is 17.3 Å². The Morgan fingerprint density at radius 2 is 2.17 bits per heavy atom. The summed E-state index contributed by atoms with van der Waals surface area (Å²) in [6, 6.07) is 5.11. The number of aliphatic imine (C=N–C) groups is 1. The number of amides is 1. The predicted molar refractivity (Wildman–Crippen MR) is 78.2 cm³/mol. The van der Waals surface area contributed by atoms with Crippen LogP contribution < -0.4 is 10.1 Å². The smallest absolute Gasteiger partial charge is 0.270 e. The van der Waals surface area contributed by atoms with Gasteiger partial charge < -0.3 is 10.1 Å². The minimum Gasteiger partial charge on any atom is -0.460 e. The molecule has 0 saturated carbocycles. The fourth-order valence-electron chi connectivity index (χ4n) is 2.04. The van der Waals surface area contributed by atoms with E-state index in [2.05, 4.69) is 10.3 Å². The largest absolute Gasteiger partial charge is 0.460 e. The van der Waals surface area contributed by atoms with Crippen molar-refractivity contribution in [3.63, 3.8) is 0 Å². The summed E-state index contributed by atoms with van der Waals surface area (Å²) in [6.07, 6.45) is 0.0225. The third-order valence-corrected chi connectivity index (χ3v) is 3.20. The van der Waals surface area contributed by atoms with Crippen molar-refractivity contribution < 1.29 is 23.2 Å². The van der Waals surface area contributed by atoms with Gasteiger partial charge in [0.2, 0.25) is 0 Å². The number of benzene rings is 1. The Balaban J connectivity index is 2.48. The molecule has 0 spiro atoms. The highest BCUT2D eigenvalue weighted by molar-refractivity contribution is 6.46. The molecule has 0 saturated heterocycles. The molecule has 0 bridgehead atoms. The zero-order valence-corrected chi connectivity index (χ0v) is 12.3. The average Bonchev–Trinajstić information content (AvgIpc) is 2.60. The van der Waals surface area contributed by atoms with E-state index >= 15 is 0 Å². The Kier molecular flexibility index (Phi) is 5.03. The summed E-state index contributed by atoms with van der Waals surface area (Å²) in [5.74, 6) is -0.891. The second kappa shape index (κ2) is 6.99. The van der Waals surface area contributed by atoms with Crippen LogP contribution in [0.15, 0.2) is 23.2 Å². The molecule has 24 heavy (non-hydrogen) atoms. The van der Waals surface area contributed by atoms with E-state index in [1.807, 2.05) is 6.07 Å². The lowest BCUT2D eigenvalue weighted by Crippen LogP contribution is -2.46. The number of carbonyl (C=O) groups is 1. The van der Waals surface area contributed by atoms with E-state index in [0.29, 0.717) is 0 Å². The molecule has 1 aliphatic heterocycles. The first-order chi connectivity index (χ1) is 11.5. The van der Waals surface area contributed by atoms with Gasteiger partial charge in [0.25, 0.3) is 17.3 Å². The number of hydrogen-bond acceptors (Lipinski definition) is 6. The maximum atomic E-state index is 13.2. The number of nitro groups is 1. The van der Waals surface area contributed by atoms with Gasteiger partial charge in [0.15, 0.2) is 13.3 Å². The van der Waals surface area contributed by atoms with Crippen LogP contribution in [0.3, 0.4) is 0 Å². The van der Waals surface area contributed by atoms with E-state index in [1.165, 1.54) is 0 Å². The number of ether oxygens (including phenoxy) is 1. The maximum Gasteiger partial charge on any atom is 0.270 e. The van der Waals surface area contributed by atoms with Crippen molar-refractivity contribution in [3.05, 3.63) is 33.9 Å². The van der Waals surface area contributed by atoms with Crippen LogP contribution in [0.2, 0.25) is 0 Å². The summed E-state index contributed by atoms with van der Waals surface area (Å²) in [7, 11) is 0. The molecule has 0 aromatic heterocycles. The third kappa shape index (κ3) is 3.29. The molecule has 1 aromatic rings. The van der Waals surface area contributed by atoms with Crippen LogP contribution in [0.5, 0.6) is 5.75 Å². The zero-order valence-electron chi connectivity index (χ0n) is 12.3. The maximum absolute atomic E-state index is 13.2. The minimum absolute atomic E-state index is 0.00226. The van der Waals surface area contributed by atoms with Crippen LogP contribution in [0.1, 0.15) is 12.0 Å². The molecule has 10 heteroatoms. The minimum atomic E-state index is -2.20. The molecule has 126 valence electrons. The summed E-state index contributed by atoms with van der Waals surface area (Å²) in [6.45, 7) is -2.65. The number of alkyl halides is 2. The predicted octanol–water partition coefficient (Wildman–Crippen LogP) is 1.44. The van der Waals surface area contributed by atoms with Crippen molar-refractivity contribution in [1.29, 1.82) is 5.26 Å². The number of carbonyl (C=O) groups excluding carboxylic acids is 1. The van der Waals surface area contributed by atoms with Gasteiger partial charge >= 0.3 is 0 Å². The monoisotopic (exact) mass is 338 g/mol. The van der Waals surface area contributed by atoms with E-state index in [4.69, 9.17) is 10.00 Å². The standard InChI is InChI=1S/C14H12F2N4O4/c15-7-14(8-16)19-12(13(21)18-5-1-4-17)10-6-9(20(22)23)2-3-11(10)24-14/h2-3,6H,1,5,7-8H2,(H,18,21). The quantitative estimate of drug-likeness (QED) is 0.478. The zero-order chi connectivity index (χ0) is 17.7. The number of non-ortho nitro benzene ring substituents is 1. The first-order valence-electron chi connectivity index (χ1n) is 6.81. The van der Waals surface area contributed by atoms with Gasteiger partial charge in [0, 0.05) is 18.7 Å². The summed E-state index contributed by atoms with van der Waals surface area (Å²) in [4.78, 5) is 26.1. The summed E-state index contributed by atoms with van der Waals surface area (Å²) in [5, 5.41) is 21.7. The van der Waals surface area contributed by atoms with Gasteiger partial charge in [-0.25, -0.2) is 13.8 Å². The van der Waals surface area contributed by atoms with Crippen molar-refractivity contribution in [2.75, 3.05) is 19.9 Å². The van der Waals surface area contributed by atoms with Crippen molar-refractivity contribution in [3.8, 4) is 11.8 Å². The SMILES string of the molecule is N#CCCNC(=O)C1=NC(CF)(CF)Oc2ccc([N+](=O)[O-])cc21. The summed E-state index contributed by atoms with van der Waals surface area (Å²) in [5.41, 5.74) is -2.96. The molecule has 0 fully saturated rings. The highest BCUT2D eigenvalue weighted by Crippen LogP contribution is 2.34. The molecule has 1 aromatic carbocycles. The fourth-order valence-corrected chi connectivity index (χ4v) is 2.04. The van der Waals surface area contributed by atoms with Crippen LogP contribution in [0.4, 0.5) is 14.5 Å². The van der Waals surface area contributed by atoms with Crippen LogP contribution in [0.25, 0.3) is 0 Å². The topological polar surface area (TPSA) is 118 Å². The molecule has 0 atom stereocenters. The van der Waals surface area contributed by atoms with E-state index < -0.39 is 29.9 Å². The van der Waals surface area contributed by atoms with Crippen LogP contribution in [-0.2, 0) is 4.79 Å². The van der Waals surface area contributed by atoms with E-state index in [0.717, 1.165) is 18.2 Å². The summed E-state index contributed by atoms with van der Waals surface area (Å²) < 4.78 is 31.6. The number of halogens is 2. The molecule has 8 nitrogen and oxygen atoms in total. The van der Waals surface area contributed by atoms with Gasteiger partial charge in [-0.1, -0.05) is 0 Å². The van der Waals surface area contributed by atoms with E-state index in [-0.39, 0.29) is 35.7 Å². The molecular weight excluding hydrogens is 326 g/mol. The highest BCUT2D eigenvalue weighted by atomic mass is 19.1. The van der Waals surface area contributed by atoms with Gasteiger partial charge in [0.05, 0.1) is 23.0 Å². The Bertz CT molecular complexity index is 741. The van der Waals surface area contributed by atoms with Gasteiger partial charge in [0.1, 0.15) is 11.5 Å². The van der Waals surface area contributed by atoms with Gasteiger partial charge in [-0.05, 0) is 6.07 Å². The number of fused-ring (bicyclic) bond motifs is 1. The lowest BCUT2D eigenvalue weighted by atomic mass is 10.0. The van der Waals surface area contributed by atoms with Crippen molar-refractivity contribution in [2.24, 2.45) is 4.99 Å². The van der Waals surface area contributed by atoms with Crippen molar-refractivity contribution in [1.82, 2.24) is 5.32 Å². The Labute approximate surface area is 134 Å². The van der Waals surface area contributed by atoms with E-state index in [1.54, 1.807) is 0 Å². The molecule has 1 N–H and O–H groups in total. The first kappa shape index (κ1) is 17.3. The molecular formula is C14H12F2N4O4. The second-order valence-electron chi connectivity index (χ2n) is 4.88. The number of hydrogen-bond donors (Lipinski definition) is 1. The highest BCUT2D eigenvalue weighted by Gasteiger charge is 2.40. The van der Waals surface area contributed by atoms with Gasteiger partial charge in [-0.15, -0.1) is 0 Å². The second-order valence-corrected chi connectivity index (χ2v) is 4.88.